The Labute approximate surface area is 345 Å². The molecule has 0 aromatic heterocycles. The summed E-state index contributed by atoms with van der Waals surface area (Å²) in [6.07, 6.45) is -4.55. The van der Waals surface area contributed by atoms with Crippen LogP contribution < -0.4 is 0 Å². The van der Waals surface area contributed by atoms with Crippen molar-refractivity contribution >= 4 is 64.6 Å². The fraction of sp³-hybridized carbons (Fsp3) is 0.0182. The molecule has 0 aliphatic heterocycles. The van der Waals surface area contributed by atoms with Gasteiger partial charge in [-0.25, -0.2) is 13.2 Å². The van der Waals surface area contributed by atoms with E-state index in [1.807, 2.05) is 78.9 Å². The standard InChI is InChI=1S/C55H30F6/c56-51-29-36(30-52(57)54(51)58)32-20-21-41-37(22-32)28-48-47(46-24-33-10-1-3-14-39(33)42-16-5-7-18-44(42)46)26-35(31-12-9-13-38(23-31)55(59,60)61)27-50(48)53(41)49-25-34-11-2-4-15-40(34)43-17-6-8-19-45(43)49/h1-30H. The second-order valence-electron chi connectivity index (χ2n) is 15.5. The molecule has 0 aliphatic rings. The first-order chi connectivity index (χ1) is 29.6. The van der Waals surface area contributed by atoms with E-state index in [0.717, 1.165) is 105 Å². The number of alkyl halides is 3. The summed E-state index contributed by atoms with van der Waals surface area (Å²) in [6.45, 7) is 0. The molecule has 0 bridgehead atoms. The zero-order valence-electron chi connectivity index (χ0n) is 32.1. The highest BCUT2D eigenvalue weighted by Gasteiger charge is 2.31. The SMILES string of the molecule is Fc1cc(-c2ccc3c(-c4cc5ccccc5c5ccccc45)c4cc(-c5cccc(C(F)(F)F)c5)cc(-c5cc6ccccc6c6ccccc56)c4cc3c2)cc(F)c1F. The quantitative estimate of drug-likeness (QED) is 0.0719. The van der Waals surface area contributed by atoms with Crippen LogP contribution in [0.5, 0.6) is 0 Å². The lowest BCUT2D eigenvalue weighted by atomic mass is 9.82. The topological polar surface area (TPSA) is 0 Å². The largest absolute Gasteiger partial charge is 0.416 e. The second-order valence-corrected chi connectivity index (χ2v) is 15.5. The van der Waals surface area contributed by atoms with Crippen LogP contribution in [0.2, 0.25) is 0 Å². The number of fused-ring (bicyclic) bond motifs is 8. The molecule has 0 saturated carbocycles. The maximum atomic E-state index is 14.7. The molecule has 0 fully saturated rings. The number of halogens is 6. The first kappa shape index (κ1) is 36.6. The van der Waals surface area contributed by atoms with E-state index in [-0.39, 0.29) is 5.56 Å². The van der Waals surface area contributed by atoms with E-state index < -0.39 is 29.2 Å². The number of benzene rings is 11. The Kier molecular flexibility index (Phi) is 8.30. The molecule has 292 valence electrons. The summed E-state index contributed by atoms with van der Waals surface area (Å²) in [6, 6.07) is 55.8. The van der Waals surface area contributed by atoms with Crippen molar-refractivity contribution in [2.75, 3.05) is 0 Å². The lowest BCUT2D eigenvalue weighted by molar-refractivity contribution is -0.137. The number of rotatable bonds is 4. The minimum atomic E-state index is -4.55. The molecule has 0 saturated heterocycles. The normalized spacial score (nSPS) is 12.1. The summed E-state index contributed by atoms with van der Waals surface area (Å²) in [5.41, 5.74) is 4.37. The Morgan fingerprint density at radius 3 is 1.46 bits per heavy atom. The molecule has 0 nitrogen and oxygen atoms in total. The molecule has 11 rings (SSSR count). The molecule has 0 atom stereocenters. The summed E-state index contributed by atoms with van der Waals surface area (Å²) in [5, 5.41) is 11.3. The molecule has 11 aromatic rings. The summed E-state index contributed by atoms with van der Waals surface area (Å²) in [5.74, 6) is -4.11. The van der Waals surface area contributed by atoms with Crippen LogP contribution >= 0.6 is 0 Å². The fourth-order valence-corrected chi connectivity index (χ4v) is 9.22. The minimum Gasteiger partial charge on any atom is -0.204 e. The van der Waals surface area contributed by atoms with Gasteiger partial charge >= 0.3 is 6.18 Å². The smallest absolute Gasteiger partial charge is 0.204 e. The zero-order chi connectivity index (χ0) is 41.6. The predicted molar refractivity (Wildman–Crippen MR) is 238 cm³/mol. The highest BCUT2D eigenvalue weighted by atomic mass is 19.4. The van der Waals surface area contributed by atoms with Gasteiger partial charge in [-0.2, -0.15) is 13.2 Å². The van der Waals surface area contributed by atoms with Crippen LogP contribution in [0.4, 0.5) is 26.3 Å². The Bertz CT molecular complexity index is 3600. The average molecular weight is 805 g/mol. The van der Waals surface area contributed by atoms with E-state index in [1.165, 1.54) is 12.1 Å². The van der Waals surface area contributed by atoms with Gasteiger partial charge in [0.15, 0.2) is 17.5 Å². The highest BCUT2D eigenvalue weighted by molar-refractivity contribution is 6.25. The molecule has 61 heavy (non-hydrogen) atoms. The third kappa shape index (κ3) is 6.01. The molecular weight excluding hydrogens is 775 g/mol. The van der Waals surface area contributed by atoms with Crippen molar-refractivity contribution in [3.05, 3.63) is 205 Å². The predicted octanol–water partition coefficient (Wildman–Crippen LogP) is 16.7. The van der Waals surface area contributed by atoms with E-state index in [0.29, 0.717) is 16.7 Å². The molecule has 0 heterocycles. The molecule has 0 spiro atoms. The summed E-state index contributed by atoms with van der Waals surface area (Å²) in [7, 11) is 0. The molecular formula is C55H30F6. The van der Waals surface area contributed by atoms with Gasteiger partial charge in [0.1, 0.15) is 0 Å². The van der Waals surface area contributed by atoms with Crippen LogP contribution in [-0.2, 0) is 6.18 Å². The zero-order valence-corrected chi connectivity index (χ0v) is 32.1. The van der Waals surface area contributed by atoms with Crippen molar-refractivity contribution in [1.82, 2.24) is 0 Å². The Morgan fingerprint density at radius 2 is 0.820 bits per heavy atom. The summed E-state index contributed by atoms with van der Waals surface area (Å²) >= 11 is 0. The number of hydrogen-bond donors (Lipinski definition) is 0. The minimum absolute atomic E-state index is 0.178. The van der Waals surface area contributed by atoms with Crippen LogP contribution in [0.3, 0.4) is 0 Å². The van der Waals surface area contributed by atoms with E-state index in [1.54, 1.807) is 12.1 Å². The molecule has 0 unspecified atom stereocenters. The van der Waals surface area contributed by atoms with Crippen molar-refractivity contribution in [1.29, 1.82) is 0 Å². The summed E-state index contributed by atoms with van der Waals surface area (Å²) < 4.78 is 86.4. The lowest BCUT2D eigenvalue weighted by Gasteiger charge is -2.21. The molecule has 6 heteroatoms. The molecule has 0 N–H and O–H groups in total. The molecule has 0 amide bonds. The Hall–Kier alpha value is -7.44. The Morgan fingerprint density at radius 1 is 0.295 bits per heavy atom. The lowest BCUT2D eigenvalue weighted by Crippen LogP contribution is -2.04. The third-order valence-electron chi connectivity index (χ3n) is 12.0. The van der Waals surface area contributed by atoms with Crippen LogP contribution in [0.25, 0.3) is 109 Å². The first-order valence-corrected chi connectivity index (χ1v) is 19.8. The van der Waals surface area contributed by atoms with Crippen molar-refractivity contribution < 1.29 is 26.3 Å². The van der Waals surface area contributed by atoms with Gasteiger partial charge < -0.3 is 0 Å². The van der Waals surface area contributed by atoms with Gasteiger partial charge in [0.25, 0.3) is 0 Å². The van der Waals surface area contributed by atoms with Crippen LogP contribution in [0.15, 0.2) is 182 Å². The highest BCUT2D eigenvalue weighted by Crippen LogP contribution is 2.48. The first-order valence-electron chi connectivity index (χ1n) is 19.8. The van der Waals surface area contributed by atoms with Crippen molar-refractivity contribution in [2.45, 2.75) is 6.18 Å². The van der Waals surface area contributed by atoms with Gasteiger partial charge in [-0.3, -0.25) is 0 Å². The third-order valence-corrected chi connectivity index (χ3v) is 12.0. The van der Waals surface area contributed by atoms with Crippen LogP contribution in [0.1, 0.15) is 5.56 Å². The van der Waals surface area contributed by atoms with Gasteiger partial charge in [-0.1, -0.05) is 121 Å². The van der Waals surface area contributed by atoms with Crippen molar-refractivity contribution in [3.63, 3.8) is 0 Å². The fourth-order valence-electron chi connectivity index (χ4n) is 9.22. The second kappa shape index (κ2) is 13.8. The van der Waals surface area contributed by atoms with Crippen LogP contribution in [-0.4, -0.2) is 0 Å². The van der Waals surface area contributed by atoms with Crippen molar-refractivity contribution in [2.24, 2.45) is 0 Å². The monoisotopic (exact) mass is 804 g/mol. The van der Waals surface area contributed by atoms with Gasteiger partial charge in [0.2, 0.25) is 0 Å². The molecule has 0 radical (unpaired) electrons. The Balaban J connectivity index is 1.34. The number of hydrogen-bond acceptors (Lipinski definition) is 0. The maximum Gasteiger partial charge on any atom is 0.416 e. The molecule has 11 aromatic carbocycles. The maximum absolute atomic E-state index is 14.7. The van der Waals surface area contributed by atoms with Gasteiger partial charge in [-0.15, -0.1) is 0 Å². The van der Waals surface area contributed by atoms with Gasteiger partial charge in [0.05, 0.1) is 5.56 Å². The average Bonchev–Trinajstić information content (AvgIpc) is 3.28. The van der Waals surface area contributed by atoms with Gasteiger partial charge in [-0.05, 0) is 170 Å². The van der Waals surface area contributed by atoms with E-state index in [9.17, 15) is 26.3 Å². The van der Waals surface area contributed by atoms with E-state index in [2.05, 4.69) is 60.7 Å². The van der Waals surface area contributed by atoms with Crippen molar-refractivity contribution in [3.8, 4) is 44.5 Å². The van der Waals surface area contributed by atoms with Gasteiger partial charge in [0, 0.05) is 0 Å². The van der Waals surface area contributed by atoms with E-state index >= 15 is 0 Å². The summed E-state index contributed by atoms with van der Waals surface area (Å²) in [4.78, 5) is 0. The van der Waals surface area contributed by atoms with Crippen LogP contribution in [0, 0.1) is 17.5 Å². The van der Waals surface area contributed by atoms with E-state index in [4.69, 9.17) is 0 Å². The molecule has 0 aliphatic carbocycles.